The molecule has 0 unspecified atom stereocenters. The zero-order valence-electron chi connectivity index (χ0n) is 12.3. The van der Waals surface area contributed by atoms with Crippen LogP contribution in [0.2, 0.25) is 0 Å². The molecule has 0 N–H and O–H groups in total. The Morgan fingerprint density at radius 3 is 2.73 bits per heavy atom. The molecule has 0 saturated heterocycles. The summed E-state index contributed by atoms with van der Waals surface area (Å²) in [5, 5.41) is 10.6. The van der Waals surface area contributed by atoms with E-state index in [1.807, 2.05) is 37.3 Å². The first-order valence-corrected chi connectivity index (χ1v) is 7.48. The molecule has 118 valence electrons. The molecule has 1 aliphatic heterocycles. The molecule has 0 spiro atoms. The van der Waals surface area contributed by atoms with E-state index in [9.17, 15) is 10.1 Å². The predicted octanol–water partition coefficient (Wildman–Crippen LogP) is 2.57. The molecule has 1 aliphatic rings. The second-order valence-electron chi connectivity index (χ2n) is 4.92. The molecule has 0 amide bonds. The highest BCUT2D eigenvalue weighted by Gasteiger charge is 2.41. The number of hydrogen-bond donors (Lipinski definition) is 1. The van der Waals surface area contributed by atoms with Crippen LogP contribution in [0.15, 0.2) is 36.5 Å². The summed E-state index contributed by atoms with van der Waals surface area (Å²) in [4.78, 5) is 13.9. The fourth-order valence-electron chi connectivity index (χ4n) is 2.11. The first-order valence-electron chi connectivity index (χ1n) is 6.59. The minimum atomic E-state index is -0.576. The molecule has 1 aromatic heterocycles. The number of fused-ring (bicyclic) bond motifs is 1. The Labute approximate surface area is 133 Å². The average molecular weight is 323 g/mol. The van der Waals surface area contributed by atoms with Gasteiger partial charge in [0, 0.05) is 4.98 Å². The van der Waals surface area contributed by atoms with Gasteiger partial charge in [0.2, 0.25) is 0 Å². The number of hydrogen-bond acceptors (Lipinski definition) is 6. The zero-order chi connectivity index (χ0) is 16.2. The molecular weight excluding hydrogens is 306 g/mol. The monoisotopic (exact) mass is 323 g/mol. The van der Waals surface area contributed by atoms with E-state index in [1.54, 1.807) is 10.8 Å². The number of nitrogens with zero attached hydrogens (tertiary/aromatic N) is 3. The summed E-state index contributed by atoms with van der Waals surface area (Å²) in [6.07, 6.45) is 3.07. The van der Waals surface area contributed by atoms with Crippen molar-refractivity contribution in [1.29, 1.82) is 0 Å². The van der Waals surface area contributed by atoms with Gasteiger partial charge in [-0.2, -0.15) is 12.6 Å². The Bertz CT molecular complexity index is 621. The first-order chi connectivity index (χ1) is 10.6. The van der Waals surface area contributed by atoms with E-state index in [4.69, 9.17) is 9.47 Å². The summed E-state index contributed by atoms with van der Waals surface area (Å²) in [5.41, 5.74) is -0.576. The van der Waals surface area contributed by atoms with Gasteiger partial charge in [0.1, 0.15) is 18.6 Å². The highest BCUT2D eigenvalue weighted by atomic mass is 32.1. The van der Waals surface area contributed by atoms with E-state index >= 15 is 0 Å². The number of para-hydroxylation sites is 1. The number of imidazole rings is 1. The van der Waals surface area contributed by atoms with Gasteiger partial charge in [-0.1, -0.05) is 18.2 Å². The molecule has 0 fully saturated rings. The number of aromatic nitrogens is 2. The van der Waals surface area contributed by atoms with E-state index in [-0.39, 0.29) is 11.8 Å². The van der Waals surface area contributed by atoms with Crippen molar-refractivity contribution in [2.75, 3.05) is 12.9 Å². The van der Waals surface area contributed by atoms with Gasteiger partial charge in [-0.3, -0.25) is 4.57 Å². The molecule has 8 heteroatoms. The molecule has 22 heavy (non-hydrogen) atoms. The van der Waals surface area contributed by atoms with Crippen molar-refractivity contribution in [3.63, 3.8) is 0 Å². The Kier molecular flexibility index (Phi) is 4.92. The van der Waals surface area contributed by atoms with Crippen LogP contribution in [-0.4, -0.2) is 32.9 Å². The molecule has 7 nitrogen and oxygen atoms in total. The minimum Gasteiger partial charge on any atom is -0.489 e. The zero-order valence-corrected chi connectivity index (χ0v) is 13.2. The van der Waals surface area contributed by atoms with Crippen LogP contribution in [0.4, 0.5) is 5.82 Å². The van der Waals surface area contributed by atoms with Crippen molar-refractivity contribution in [3.05, 3.63) is 46.6 Å². The van der Waals surface area contributed by atoms with E-state index < -0.39 is 10.5 Å². The number of nitro groups is 1. The van der Waals surface area contributed by atoms with Crippen molar-refractivity contribution in [2.24, 2.45) is 0 Å². The lowest BCUT2D eigenvalue weighted by molar-refractivity contribution is -0.389. The maximum atomic E-state index is 10.6. The van der Waals surface area contributed by atoms with Crippen LogP contribution >= 0.6 is 12.6 Å². The van der Waals surface area contributed by atoms with E-state index in [0.717, 1.165) is 5.75 Å². The molecule has 0 bridgehead atoms. The van der Waals surface area contributed by atoms with Crippen LogP contribution < -0.4 is 9.47 Å². The summed E-state index contributed by atoms with van der Waals surface area (Å²) in [5.74, 6) is 0.555. The van der Waals surface area contributed by atoms with Crippen molar-refractivity contribution in [1.82, 2.24) is 9.55 Å². The van der Waals surface area contributed by atoms with Gasteiger partial charge in [-0.25, -0.2) is 0 Å². The highest BCUT2D eigenvalue weighted by molar-refractivity contribution is 7.79. The molecule has 3 rings (SSSR count). The van der Waals surface area contributed by atoms with Gasteiger partial charge in [0.05, 0.1) is 6.54 Å². The lowest BCUT2D eigenvalue weighted by Gasteiger charge is -2.22. The summed E-state index contributed by atoms with van der Waals surface area (Å²) in [6.45, 7) is 2.70. The summed E-state index contributed by atoms with van der Waals surface area (Å²) >= 11 is 3.53. The second kappa shape index (κ2) is 6.69. The Morgan fingerprint density at radius 2 is 2.14 bits per heavy atom. The third kappa shape index (κ3) is 3.51. The van der Waals surface area contributed by atoms with Gasteiger partial charge < -0.3 is 19.6 Å². The van der Waals surface area contributed by atoms with Gasteiger partial charge in [0.25, 0.3) is 0 Å². The van der Waals surface area contributed by atoms with Crippen molar-refractivity contribution in [3.8, 4) is 11.8 Å². The molecule has 1 aromatic carbocycles. The number of rotatable bonds is 4. The largest absolute Gasteiger partial charge is 0.489 e. The Balaban J connectivity index is 0.000000847. The summed E-state index contributed by atoms with van der Waals surface area (Å²) in [7, 11) is 0. The smallest absolute Gasteiger partial charge is 0.415 e. The number of thiol groups is 1. The molecule has 1 atom stereocenters. The van der Waals surface area contributed by atoms with Crippen LogP contribution in [0.1, 0.15) is 6.92 Å². The van der Waals surface area contributed by atoms with E-state index in [2.05, 4.69) is 17.6 Å². The second-order valence-corrected chi connectivity index (χ2v) is 4.92. The van der Waals surface area contributed by atoms with Crippen LogP contribution in [0.25, 0.3) is 0 Å². The fraction of sp³-hybridized carbons (Fsp3) is 0.357. The fourth-order valence-corrected chi connectivity index (χ4v) is 2.11. The van der Waals surface area contributed by atoms with Gasteiger partial charge >= 0.3 is 11.8 Å². The third-order valence-electron chi connectivity index (χ3n) is 3.04. The van der Waals surface area contributed by atoms with Gasteiger partial charge in [-0.15, -0.1) is 0 Å². The quantitative estimate of drug-likeness (QED) is 0.531. The molecule has 0 saturated carbocycles. The third-order valence-corrected chi connectivity index (χ3v) is 3.04. The van der Waals surface area contributed by atoms with E-state index in [0.29, 0.717) is 13.2 Å². The standard InChI is InChI=1S/C13H13N3O4.CH4S/c1-13(9-19-10-5-3-2-4-6-10)8-15-7-11(16(17)18)14-12(15)20-13;1-2/h2-7H,8-9H2,1H3;2H,1H3/t13-;/m1./s1. The molecular formula is C14H17N3O4S. The van der Waals surface area contributed by atoms with Gasteiger partial charge in [0.15, 0.2) is 5.60 Å². The molecule has 0 aliphatic carbocycles. The lowest BCUT2D eigenvalue weighted by Crippen LogP contribution is -2.38. The summed E-state index contributed by atoms with van der Waals surface area (Å²) < 4.78 is 13.0. The molecule has 2 aromatic rings. The Morgan fingerprint density at radius 1 is 1.45 bits per heavy atom. The molecule has 0 radical (unpaired) electrons. The van der Waals surface area contributed by atoms with E-state index in [1.165, 1.54) is 6.20 Å². The van der Waals surface area contributed by atoms with Gasteiger partial charge in [-0.05, 0) is 30.2 Å². The average Bonchev–Trinajstić information content (AvgIpc) is 3.04. The first kappa shape index (κ1) is 16.2. The maximum absolute atomic E-state index is 10.6. The number of ether oxygens (including phenoxy) is 2. The normalized spacial score (nSPS) is 18.7. The van der Waals surface area contributed by atoms with Crippen LogP contribution in [0, 0.1) is 10.1 Å². The Hall–Kier alpha value is -2.22. The van der Waals surface area contributed by atoms with Crippen LogP contribution in [0.3, 0.4) is 0 Å². The van der Waals surface area contributed by atoms with Crippen molar-refractivity contribution in [2.45, 2.75) is 19.1 Å². The maximum Gasteiger partial charge on any atom is 0.415 e. The van der Waals surface area contributed by atoms with Crippen LogP contribution in [0.5, 0.6) is 11.8 Å². The van der Waals surface area contributed by atoms with Crippen LogP contribution in [-0.2, 0) is 6.54 Å². The number of benzene rings is 1. The highest BCUT2D eigenvalue weighted by Crippen LogP contribution is 2.31. The minimum absolute atomic E-state index is 0.203. The van der Waals surface area contributed by atoms with Crippen molar-refractivity contribution >= 4 is 18.4 Å². The predicted molar refractivity (Wildman–Crippen MR) is 84.8 cm³/mol. The topological polar surface area (TPSA) is 79.4 Å². The van der Waals surface area contributed by atoms with Crippen molar-refractivity contribution < 1.29 is 14.4 Å². The summed E-state index contributed by atoms with van der Waals surface area (Å²) in [6, 6.07) is 9.68. The SMILES string of the molecule is CS.C[C@]1(COc2ccccc2)Cn2cc([N+](=O)[O-])nc2O1. The lowest BCUT2D eigenvalue weighted by atomic mass is 10.1. The molecule has 2 heterocycles.